The summed E-state index contributed by atoms with van der Waals surface area (Å²) >= 11 is 0. The van der Waals surface area contributed by atoms with Crippen molar-refractivity contribution in [3.63, 3.8) is 0 Å². The molecule has 1 N–H and O–H groups in total. The lowest BCUT2D eigenvalue weighted by Crippen LogP contribution is -2.42. The number of carbonyl (C=O) groups is 1. The van der Waals surface area contributed by atoms with E-state index in [1.807, 2.05) is 0 Å². The van der Waals surface area contributed by atoms with Crippen molar-refractivity contribution in [1.29, 1.82) is 0 Å². The Morgan fingerprint density at radius 1 is 1.16 bits per heavy atom. The van der Waals surface area contributed by atoms with Gasteiger partial charge in [-0.15, -0.1) is 0 Å². The van der Waals surface area contributed by atoms with Crippen molar-refractivity contribution >= 4 is 11.9 Å². The summed E-state index contributed by atoms with van der Waals surface area (Å²) in [6.45, 7) is 2.02. The Balaban J connectivity index is 1.70. The second-order valence-electron chi connectivity index (χ2n) is 5.62. The van der Waals surface area contributed by atoms with E-state index in [0.717, 1.165) is 24.9 Å². The van der Waals surface area contributed by atoms with Crippen molar-refractivity contribution < 1.29 is 9.90 Å². The van der Waals surface area contributed by atoms with E-state index >= 15 is 0 Å². The predicted molar refractivity (Wildman–Crippen MR) is 71.3 cm³/mol. The molecule has 1 saturated carbocycles. The minimum atomic E-state index is -0.975. The molecule has 1 aliphatic heterocycles. The number of hydrogen-bond donors (Lipinski definition) is 1. The summed E-state index contributed by atoms with van der Waals surface area (Å²) in [7, 11) is 0. The first-order chi connectivity index (χ1) is 9.24. The maximum absolute atomic E-state index is 10.8. The van der Waals surface area contributed by atoms with Crippen molar-refractivity contribution in [3.8, 4) is 0 Å². The normalized spacial score (nSPS) is 26.8. The third kappa shape index (κ3) is 2.55. The van der Waals surface area contributed by atoms with Gasteiger partial charge in [-0.3, -0.25) is 0 Å². The number of anilines is 1. The molecule has 5 nitrogen and oxygen atoms in total. The number of carboxylic acids is 1. The Bertz CT molecular complexity index is 460. The standard InChI is InChI=1S/C14H19N3O2/c18-13(19)12-7-15-14(16-8-12)17-6-5-10-3-1-2-4-11(10)9-17/h7-8,10-11H,1-6,9H2,(H,18,19). The number of hydrogen-bond acceptors (Lipinski definition) is 4. The van der Waals surface area contributed by atoms with Gasteiger partial charge in [0.15, 0.2) is 0 Å². The van der Waals surface area contributed by atoms with E-state index in [2.05, 4.69) is 14.9 Å². The van der Waals surface area contributed by atoms with Crippen LogP contribution in [0.2, 0.25) is 0 Å². The van der Waals surface area contributed by atoms with E-state index in [0.29, 0.717) is 5.95 Å². The molecule has 0 radical (unpaired) electrons. The van der Waals surface area contributed by atoms with Gasteiger partial charge in [-0.2, -0.15) is 0 Å². The average molecular weight is 261 g/mol. The largest absolute Gasteiger partial charge is 0.478 e. The molecule has 1 saturated heterocycles. The fraction of sp³-hybridized carbons (Fsp3) is 0.643. The molecule has 2 aliphatic rings. The van der Waals surface area contributed by atoms with Crippen LogP contribution in [0, 0.1) is 11.8 Å². The highest BCUT2D eigenvalue weighted by Gasteiger charge is 2.31. The first-order valence-corrected chi connectivity index (χ1v) is 7.04. The molecule has 0 amide bonds. The van der Waals surface area contributed by atoms with Crippen LogP contribution in [0.1, 0.15) is 42.5 Å². The molecule has 2 fully saturated rings. The van der Waals surface area contributed by atoms with Gasteiger partial charge in [0.25, 0.3) is 0 Å². The Labute approximate surface area is 112 Å². The number of aromatic carboxylic acids is 1. The fourth-order valence-electron chi connectivity index (χ4n) is 3.38. The molecular weight excluding hydrogens is 242 g/mol. The number of piperidine rings is 1. The fourth-order valence-corrected chi connectivity index (χ4v) is 3.38. The molecule has 1 aliphatic carbocycles. The molecule has 2 unspecified atom stereocenters. The number of nitrogens with zero attached hydrogens (tertiary/aromatic N) is 3. The zero-order valence-corrected chi connectivity index (χ0v) is 11.0. The van der Waals surface area contributed by atoms with Crippen LogP contribution >= 0.6 is 0 Å². The molecular formula is C14H19N3O2. The monoisotopic (exact) mass is 261 g/mol. The van der Waals surface area contributed by atoms with E-state index in [4.69, 9.17) is 5.11 Å². The van der Waals surface area contributed by atoms with Crippen molar-refractivity contribution in [3.05, 3.63) is 18.0 Å². The number of carboxylic acid groups (broad SMARTS) is 1. The predicted octanol–water partition coefficient (Wildman–Crippen LogP) is 2.19. The van der Waals surface area contributed by atoms with E-state index in [-0.39, 0.29) is 5.56 Å². The molecule has 2 heterocycles. The van der Waals surface area contributed by atoms with Gasteiger partial charge in [0.2, 0.25) is 5.95 Å². The summed E-state index contributed by atoms with van der Waals surface area (Å²) < 4.78 is 0. The van der Waals surface area contributed by atoms with Gasteiger partial charge in [0.05, 0.1) is 5.56 Å². The second kappa shape index (κ2) is 5.15. The van der Waals surface area contributed by atoms with Crippen molar-refractivity contribution in [2.45, 2.75) is 32.1 Å². The van der Waals surface area contributed by atoms with Gasteiger partial charge in [-0.05, 0) is 24.7 Å². The third-order valence-electron chi connectivity index (χ3n) is 4.46. The van der Waals surface area contributed by atoms with Crippen LogP contribution in [0.3, 0.4) is 0 Å². The first kappa shape index (κ1) is 12.4. The molecule has 0 aromatic carbocycles. The highest BCUT2D eigenvalue weighted by molar-refractivity contribution is 5.86. The SMILES string of the molecule is O=C(O)c1cnc(N2CCC3CCCCC3C2)nc1. The molecule has 0 spiro atoms. The first-order valence-electron chi connectivity index (χ1n) is 7.04. The Hall–Kier alpha value is -1.65. The number of fused-ring (bicyclic) bond motifs is 1. The van der Waals surface area contributed by atoms with Gasteiger partial charge in [-0.25, -0.2) is 14.8 Å². The second-order valence-corrected chi connectivity index (χ2v) is 5.62. The van der Waals surface area contributed by atoms with Crippen molar-refractivity contribution in [1.82, 2.24) is 9.97 Å². The van der Waals surface area contributed by atoms with Crippen LogP contribution in [0.4, 0.5) is 5.95 Å². The lowest BCUT2D eigenvalue weighted by atomic mass is 9.75. The molecule has 1 aromatic rings. The molecule has 1 aromatic heterocycles. The van der Waals surface area contributed by atoms with Crippen LogP contribution in [0.15, 0.2) is 12.4 Å². The Morgan fingerprint density at radius 3 is 2.53 bits per heavy atom. The van der Waals surface area contributed by atoms with Gasteiger partial charge in [0, 0.05) is 25.5 Å². The van der Waals surface area contributed by atoms with Gasteiger partial charge in [-0.1, -0.05) is 19.3 Å². The minimum absolute atomic E-state index is 0.149. The van der Waals surface area contributed by atoms with Crippen molar-refractivity contribution in [2.75, 3.05) is 18.0 Å². The Kier molecular flexibility index (Phi) is 3.36. The molecule has 19 heavy (non-hydrogen) atoms. The van der Waals surface area contributed by atoms with E-state index in [1.165, 1.54) is 44.5 Å². The van der Waals surface area contributed by atoms with Gasteiger partial charge < -0.3 is 10.0 Å². The lowest BCUT2D eigenvalue weighted by Gasteiger charge is -2.41. The quantitative estimate of drug-likeness (QED) is 0.884. The maximum atomic E-state index is 10.8. The topological polar surface area (TPSA) is 66.3 Å². The van der Waals surface area contributed by atoms with Gasteiger partial charge >= 0.3 is 5.97 Å². The third-order valence-corrected chi connectivity index (χ3v) is 4.46. The highest BCUT2D eigenvalue weighted by atomic mass is 16.4. The zero-order valence-electron chi connectivity index (χ0n) is 11.0. The van der Waals surface area contributed by atoms with Crippen LogP contribution in [-0.4, -0.2) is 34.1 Å². The molecule has 5 heteroatoms. The average Bonchev–Trinajstić information content (AvgIpc) is 2.47. The summed E-state index contributed by atoms with van der Waals surface area (Å²) in [6, 6.07) is 0. The Morgan fingerprint density at radius 2 is 1.84 bits per heavy atom. The van der Waals surface area contributed by atoms with E-state index in [1.54, 1.807) is 0 Å². The summed E-state index contributed by atoms with van der Waals surface area (Å²) in [5.74, 6) is 1.35. The van der Waals surface area contributed by atoms with E-state index < -0.39 is 5.97 Å². The molecule has 3 rings (SSSR count). The summed E-state index contributed by atoms with van der Waals surface area (Å²) in [6.07, 6.45) is 9.43. The van der Waals surface area contributed by atoms with Crippen molar-refractivity contribution in [2.24, 2.45) is 11.8 Å². The summed E-state index contributed by atoms with van der Waals surface area (Å²) in [5.41, 5.74) is 0.149. The number of aromatic nitrogens is 2. The van der Waals surface area contributed by atoms with Crippen LogP contribution < -0.4 is 4.90 Å². The zero-order chi connectivity index (χ0) is 13.2. The van der Waals surface area contributed by atoms with Crippen LogP contribution in [-0.2, 0) is 0 Å². The molecule has 102 valence electrons. The lowest BCUT2D eigenvalue weighted by molar-refractivity contribution is 0.0696. The number of rotatable bonds is 2. The van der Waals surface area contributed by atoms with Crippen LogP contribution in [0.25, 0.3) is 0 Å². The minimum Gasteiger partial charge on any atom is -0.478 e. The van der Waals surface area contributed by atoms with Gasteiger partial charge in [0.1, 0.15) is 0 Å². The smallest absolute Gasteiger partial charge is 0.338 e. The summed E-state index contributed by atoms with van der Waals surface area (Å²) in [4.78, 5) is 21.4. The highest BCUT2D eigenvalue weighted by Crippen LogP contribution is 2.36. The summed E-state index contributed by atoms with van der Waals surface area (Å²) in [5, 5.41) is 8.85. The van der Waals surface area contributed by atoms with Crippen LogP contribution in [0.5, 0.6) is 0 Å². The maximum Gasteiger partial charge on any atom is 0.338 e. The molecule has 2 atom stereocenters. The molecule has 0 bridgehead atoms. The van der Waals surface area contributed by atoms with E-state index in [9.17, 15) is 4.79 Å².